The van der Waals surface area contributed by atoms with E-state index >= 15 is 4.39 Å². The van der Waals surface area contributed by atoms with Crippen LogP contribution >= 0.6 is 12.4 Å². The van der Waals surface area contributed by atoms with Crippen LogP contribution in [0.15, 0.2) is 47.3 Å². The van der Waals surface area contributed by atoms with Crippen molar-refractivity contribution >= 4 is 29.1 Å². The predicted molar refractivity (Wildman–Crippen MR) is 118 cm³/mol. The number of aromatic nitrogens is 2. The molecule has 2 unspecified atom stereocenters. The molecule has 0 radical (unpaired) electrons. The van der Waals surface area contributed by atoms with E-state index in [1.54, 1.807) is 24.3 Å². The quantitative estimate of drug-likeness (QED) is 0.520. The van der Waals surface area contributed by atoms with Gasteiger partial charge in [0.05, 0.1) is 17.6 Å². The highest BCUT2D eigenvalue weighted by atomic mass is 35.5. The lowest BCUT2D eigenvalue weighted by molar-refractivity contribution is 0.0537. The zero-order valence-electron chi connectivity index (χ0n) is 17.2. The van der Waals surface area contributed by atoms with Gasteiger partial charge in [-0.05, 0) is 30.7 Å². The molecular weight excluding hydrogens is 442 g/mol. The van der Waals surface area contributed by atoms with Gasteiger partial charge in [0.25, 0.3) is 11.5 Å². The van der Waals surface area contributed by atoms with Crippen molar-refractivity contribution in [3.63, 3.8) is 0 Å². The number of halogens is 3. The molecule has 10 heteroatoms. The minimum Gasteiger partial charge on any atom is -0.395 e. The van der Waals surface area contributed by atoms with Crippen LogP contribution in [0.4, 0.5) is 8.78 Å². The number of amides is 1. The Kier molecular flexibility index (Phi) is 7.22. The fraction of sp³-hybridized carbons (Fsp3) is 0.318. The Bertz CT molecular complexity index is 1180. The number of benzene rings is 2. The minimum absolute atomic E-state index is 0. The van der Waals surface area contributed by atoms with Crippen LogP contribution in [0.25, 0.3) is 10.8 Å². The van der Waals surface area contributed by atoms with Gasteiger partial charge in [-0.25, -0.2) is 13.9 Å². The zero-order chi connectivity index (χ0) is 22.1. The molecule has 2 aromatic carbocycles. The third-order valence-electron chi connectivity index (χ3n) is 5.44. The number of nitrogens with zero attached hydrogens (tertiary/aromatic N) is 2. The lowest BCUT2D eigenvalue weighted by Gasteiger charge is -2.41. The number of likely N-dealkylation sites (tertiary alicyclic amines) is 1. The Labute approximate surface area is 188 Å². The van der Waals surface area contributed by atoms with E-state index in [4.69, 9.17) is 5.11 Å². The average molecular weight is 465 g/mol. The number of aromatic amines is 1. The standard InChI is InChI=1S/C22H22F2N4O3.ClH/c1-12(11-29)25-14-9-28(10-14)22(31)17-8-13(6-7-18(17)23)19(24)20-15-4-2-3-5-16(15)21(30)27-26-20;/h2-8,12,14,19,25,29H,9-11H2,1H3,(H,27,30);1H. The fourth-order valence-electron chi connectivity index (χ4n) is 3.73. The molecule has 3 N–H and O–H groups in total. The van der Waals surface area contributed by atoms with Crippen molar-refractivity contribution in [2.75, 3.05) is 19.7 Å². The molecule has 1 amide bonds. The molecule has 1 fully saturated rings. The Balaban J connectivity index is 0.00000289. The van der Waals surface area contributed by atoms with Crippen LogP contribution in [0.2, 0.25) is 0 Å². The van der Waals surface area contributed by atoms with Gasteiger partial charge in [0.15, 0.2) is 6.17 Å². The summed E-state index contributed by atoms with van der Waals surface area (Å²) in [6, 6.07) is 9.94. The second-order valence-corrected chi connectivity index (χ2v) is 7.74. The van der Waals surface area contributed by atoms with Gasteiger partial charge in [-0.3, -0.25) is 9.59 Å². The summed E-state index contributed by atoms with van der Waals surface area (Å²) in [5, 5.41) is 19.0. The number of alkyl halides is 1. The van der Waals surface area contributed by atoms with E-state index < -0.39 is 23.5 Å². The summed E-state index contributed by atoms with van der Waals surface area (Å²) in [4.78, 5) is 26.1. The molecule has 170 valence electrons. The van der Waals surface area contributed by atoms with Gasteiger partial charge < -0.3 is 15.3 Å². The smallest absolute Gasteiger partial charge is 0.272 e. The highest BCUT2D eigenvalue weighted by Gasteiger charge is 2.33. The molecule has 0 saturated carbocycles. The first-order chi connectivity index (χ1) is 14.9. The third-order valence-corrected chi connectivity index (χ3v) is 5.44. The Morgan fingerprint density at radius 3 is 2.66 bits per heavy atom. The lowest BCUT2D eigenvalue weighted by atomic mass is 9.99. The Morgan fingerprint density at radius 1 is 1.28 bits per heavy atom. The minimum atomic E-state index is -1.76. The molecule has 3 aromatic rings. The maximum Gasteiger partial charge on any atom is 0.272 e. The van der Waals surface area contributed by atoms with E-state index in [9.17, 15) is 14.0 Å². The number of aliphatic hydroxyl groups is 1. The number of fused-ring (bicyclic) bond motifs is 1. The molecule has 0 bridgehead atoms. The van der Waals surface area contributed by atoms with E-state index in [1.807, 2.05) is 6.92 Å². The van der Waals surface area contributed by atoms with E-state index in [0.29, 0.717) is 23.9 Å². The highest BCUT2D eigenvalue weighted by Crippen LogP contribution is 2.30. The number of carbonyl (C=O) groups excluding carboxylic acids is 1. The van der Waals surface area contributed by atoms with Crippen LogP contribution in [-0.2, 0) is 0 Å². The molecule has 4 rings (SSSR count). The number of aliphatic hydroxyl groups excluding tert-OH is 1. The van der Waals surface area contributed by atoms with Crippen molar-refractivity contribution < 1.29 is 18.7 Å². The van der Waals surface area contributed by atoms with E-state index in [1.165, 1.54) is 17.0 Å². The van der Waals surface area contributed by atoms with Gasteiger partial charge in [-0.2, -0.15) is 5.10 Å². The largest absolute Gasteiger partial charge is 0.395 e. The highest BCUT2D eigenvalue weighted by molar-refractivity contribution is 5.95. The van der Waals surface area contributed by atoms with Gasteiger partial charge >= 0.3 is 0 Å². The summed E-state index contributed by atoms with van der Waals surface area (Å²) < 4.78 is 29.8. The maximum atomic E-state index is 15.4. The molecule has 0 spiro atoms. The lowest BCUT2D eigenvalue weighted by Crippen LogP contribution is -2.61. The molecule has 7 nitrogen and oxygen atoms in total. The second-order valence-electron chi connectivity index (χ2n) is 7.74. The van der Waals surface area contributed by atoms with Crippen molar-refractivity contribution in [1.82, 2.24) is 20.4 Å². The molecular formula is C22H23ClF2N4O3. The average Bonchev–Trinajstić information content (AvgIpc) is 2.75. The summed E-state index contributed by atoms with van der Waals surface area (Å²) in [7, 11) is 0. The molecule has 2 heterocycles. The van der Waals surface area contributed by atoms with Crippen molar-refractivity contribution in [3.05, 3.63) is 75.5 Å². The molecule has 1 aliphatic rings. The zero-order valence-corrected chi connectivity index (χ0v) is 18.0. The van der Waals surface area contributed by atoms with Crippen molar-refractivity contribution in [1.29, 1.82) is 0 Å². The second kappa shape index (κ2) is 9.72. The maximum absolute atomic E-state index is 15.4. The summed E-state index contributed by atoms with van der Waals surface area (Å²) in [5.74, 6) is -1.26. The topological polar surface area (TPSA) is 98.3 Å². The SMILES string of the molecule is CC(CO)NC1CN(C(=O)c2cc(C(F)c3n[nH]c(=O)c4ccccc34)ccc2F)C1.Cl. The predicted octanol–water partition coefficient (Wildman–Crippen LogP) is 2.34. The summed E-state index contributed by atoms with van der Waals surface area (Å²) >= 11 is 0. The summed E-state index contributed by atoms with van der Waals surface area (Å²) in [6.07, 6.45) is -1.76. The fourth-order valence-corrected chi connectivity index (χ4v) is 3.73. The van der Waals surface area contributed by atoms with Gasteiger partial charge in [0.1, 0.15) is 11.5 Å². The van der Waals surface area contributed by atoms with Crippen LogP contribution in [0.5, 0.6) is 0 Å². The van der Waals surface area contributed by atoms with E-state index in [-0.39, 0.29) is 47.9 Å². The third kappa shape index (κ3) is 4.50. The Morgan fingerprint density at radius 2 is 1.97 bits per heavy atom. The van der Waals surface area contributed by atoms with Gasteiger partial charge in [0.2, 0.25) is 0 Å². The Hall–Kier alpha value is -2.88. The molecule has 2 atom stereocenters. The van der Waals surface area contributed by atoms with Crippen molar-refractivity contribution in [3.8, 4) is 0 Å². The van der Waals surface area contributed by atoms with Crippen LogP contribution in [0, 0.1) is 5.82 Å². The number of hydrogen-bond donors (Lipinski definition) is 3. The first-order valence-corrected chi connectivity index (χ1v) is 9.96. The summed E-state index contributed by atoms with van der Waals surface area (Å²) in [5.41, 5.74) is -0.592. The first-order valence-electron chi connectivity index (χ1n) is 9.96. The van der Waals surface area contributed by atoms with Crippen LogP contribution in [0.1, 0.15) is 34.7 Å². The van der Waals surface area contributed by atoms with E-state index in [0.717, 1.165) is 6.07 Å². The number of H-pyrrole nitrogens is 1. The summed E-state index contributed by atoms with van der Waals surface area (Å²) in [6.45, 7) is 2.55. The molecule has 0 aliphatic carbocycles. The van der Waals surface area contributed by atoms with Crippen LogP contribution in [-0.4, -0.2) is 57.9 Å². The number of hydrogen-bond acceptors (Lipinski definition) is 5. The number of rotatable bonds is 6. The first kappa shape index (κ1) is 23.8. The van der Waals surface area contributed by atoms with Gasteiger partial charge in [0, 0.05) is 30.6 Å². The normalized spacial score (nSPS) is 15.7. The van der Waals surface area contributed by atoms with Gasteiger partial charge in [-0.1, -0.05) is 24.3 Å². The van der Waals surface area contributed by atoms with Crippen LogP contribution in [0.3, 0.4) is 0 Å². The molecule has 1 saturated heterocycles. The van der Waals surface area contributed by atoms with E-state index in [2.05, 4.69) is 15.5 Å². The molecule has 32 heavy (non-hydrogen) atoms. The number of carbonyl (C=O) groups is 1. The van der Waals surface area contributed by atoms with Crippen LogP contribution < -0.4 is 10.9 Å². The van der Waals surface area contributed by atoms with Gasteiger partial charge in [-0.15, -0.1) is 12.4 Å². The molecule has 1 aliphatic heterocycles. The monoisotopic (exact) mass is 464 g/mol. The van der Waals surface area contributed by atoms with Crippen molar-refractivity contribution in [2.45, 2.75) is 25.2 Å². The molecule has 1 aromatic heterocycles. The number of nitrogens with one attached hydrogen (secondary N) is 2. The van der Waals surface area contributed by atoms with Crippen molar-refractivity contribution in [2.24, 2.45) is 0 Å².